The van der Waals surface area contributed by atoms with Gasteiger partial charge in [-0.3, -0.25) is 0 Å². The van der Waals surface area contributed by atoms with Gasteiger partial charge in [-0.25, -0.2) is 0 Å². The highest BCUT2D eigenvalue weighted by Crippen LogP contribution is 2.38. The first-order valence-electron chi connectivity index (χ1n) is 9.10. The zero-order valence-electron chi connectivity index (χ0n) is 16.3. The molecule has 0 spiro atoms. The van der Waals surface area contributed by atoms with E-state index in [0.29, 0.717) is 21.6 Å². The Morgan fingerprint density at radius 2 is 1.48 bits per heavy atom. The van der Waals surface area contributed by atoms with Crippen LogP contribution in [-0.2, 0) is 4.43 Å². The van der Waals surface area contributed by atoms with Gasteiger partial charge in [-0.1, -0.05) is 76.3 Å². The van der Waals surface area contributed by atoms with Crippen molar-refractivity contribution in [1.82, 2.24) is 5.32 Å². The number of halogens is 3. The van der Waals surface area contributed by atoms with Crippen LogP contribution in [0.3, 0.4) is 0 Å². The van der Waals surface area contributed by atoms with Gasteiger partial charge < -0.3 is 9.74 Å². The summed E-state index contributed by atoms with van der Waals surface area (Å²) in [6.07, 6.45) is -0.161. The van der Waals surface area contributed by atoms with Crippen molar-refractivity contribution in [1.29, 1.82) is 0 Å². The summed E-state index contributed by atoms with van der Waals surface area (Å²) in [7, 11) is -1.81. The third kappa shape index (κ3) is 7.04. The van der Waals surface area contributed by atoms with E-state index in [0.717, 1.165) is 30.2 Å². The molecule has 1 N–H and O–H groups in total. The van der Waals surface area contributed by atoms with Crippen LogP contribution in [0.5, 0.6) is 0 Å². The Hall–Kier alpha value is 0.227. The summed E-state index contributed by atoms with van der Waals surface area (Å²) >= 11 is 19.1. The minimum absolute atomic E-state index is 0.161. The zero-order valence-corrected chi connectivity index (χ0v) is 19.6. The van der Waals surface area contributed by atoms with E-state index in [1.54, 1.807) is 12.1 Å². The lowest BCUT2D eigenvalue weighted by Gasteiger charge is -2.35. The standard InChI is InChI=1S/C19H32Cl3NOSi/c1-7-25(8-2,9-3)24-17(12-23-13-19(4,5)6)18-15(21)10-14(20)11-16(18)22/h10-11,17,23H,7-9,12-13H2,1-6H3. The second kappa shape index (κ2) is 9.96. The maximum Gasteiger partial charge on any atom is 0.192 e. The van der Waals surface area contributed by atoms with Crippen LogP contribution in [0, 0.1) is 5.41 Å². The van der Waals surface area contributed by atoms with Crippen molar-refractivity contribution in [3.63, 3.8) is 0 Å². The number of rotatable bonds is 9. The van der Waals surface area contributed by atoms with E-state index in [4.69, 9.17) is 39.2 Å². The average Bonchev–Trinajstić information content (AvgIpc) is 2.50. The van der Waals surface area contributed by atoms with Crippen LogP contribution in [0.25, 0.3) is 0 Å². The minimum atomic E-state index is -1.81. The van der Waals surface area contributed by atoms with E-state index in [9.17, 15) is 0 Å². The molecule has 25 heavy (non-hydrogen) atoms. The topological polar surface area (TPSA) is 21.3 Å². The first kappa shape index (κ1) is 23.3. The van der Waals surface area contributed by atoms with Crippen molar-refractivity contribution in [3.05, 3.63) is 32.8 Å². The van der Waals surface area contributed by atoms with Gasteiger partial charge in [-0.05, 0) is 35.7 Å². The first-order valence-corrected chi connectivity index (χ1v) is 12.8. The summed E-state index contributed by atoms with van der Waals surface area (Å²) in [5, 5.41) is 5.23. The first-order chi connectivity index (χ1) is 11.6. The molecule has 144 valence electrons. The van der Waals surface area contributed by atoms with Crippen LogP contribution in [-0.4, -0.2) is 21.4 Å². The van der Waals surface area contributed by atoms with Crippen LogP contribution in [0.4, 0.5) is 0 Å². The smallest absolute Gasteiger partial charge is 0.192 e. The zero-order chi connectivity index (χ0) is 19.3. The fourth-order valence-electron chi connectivity index (χ4n) is 2.94. The van der Waals surface area contributed by atoms with Gasteiger partial charge in [0.15, 0.2) is 8.32 Å². The monoisotopic (exact) mass is 423 g/mol. The molecule has 0 aromatic heterocycles. The molecule has 1 unspecified atom stereocenters. The second-order valence-corrected chi connectivity index (χ2v) is 13.8. The fraction of sp³-hybridized carbons (Fsp3) is 0.684. The highest BCUT2D eigenvalue weighted by molar-refractivity contribution is 6.73. The van der Waals surface area contributed by atoms with E-state index < -0.39 is 8.32 Å². The molecular weight excluding hydrogens is 393 g/mol. The Kier molecular flexibility index (Phi) is 9.27. The summed E-state index contributed by atoms with van der Waals surface area (Å²) in [5.41, 5.74) is 1.05. The number of benzene rings is 1. The quantitative estimate of drug-likeness (QED) is 0.418. The molecule has 1 atom stereocenters. The second-order valence-electron chi connectivity index (χ2n) is 7.82. The van der Waals surface area contributed by atoms with Crippen LogP contribution in [0.1, 0.15) is 53.2 Å². The SMILES string of the molecule is CC[Si](CC)(CC)OC(CNCC(C)(C)C)c1c(Cl)cc(Cl)cc1Cl. The molecule has 0 fully saturated rings. The molecule has 0 amide bonds. The third-order valence-electron chi connectivity index (χ3n) is 4.68. The summed E-state index contributed by atoms with van der Waals surface area (Å²) < 4.78 is 6.75. The van der Waals surface area contributed by atoms with E-state index in [1.165, 1.54) is 0 Å². The van der Waals surface area contributed by atoms with E-state index in [-0.39, 0.29) is 11.5 Å². The average molecular weight is 425 g/mol. The fourth-order valence-corrected chi connectivity index (χ4v) is 6.81. The van der Waals surface area contributed by atoms with Gasteiger partial charge >= 0.3 is 0 Å². The maximum absolute atomic E-state index is 6.75. The van der Waals surface area contributed by atoms with Crippen molar-refractivity contribution >= 4 is 43.1 Å². The van der Waals surface area contributed by atoms with Gasteiger partial charge in [-0.2, -0.15) is 0 Å². The largest absolute Gasteiger partial charge is 0.409 e. The lowest BCUT2D eigenvalue weighted by Crippen LogP contribution is -2.41. The van der Waals surface area contributed by atoms with Gasteiger partial charge in [0.25, 0.3) is 0 Å². The predicted octanol–water partition coefficient (Wildman–Crippen LogP) is 7.35. The van der Waals surface area contributed by atoms with Gasteiger partial charge in [-0.15, -0.1) is 0 Å². The van der Waals surface area contributed by atoms with Crippen LogP contribution in [0.2, 0.25) is 33.2 Å². The lowest BCUT2D eigenvalue weighted by molar-refractivity contribution is 0.181. The number of hydrogen-bond acceptors (Lipinski definition) is 2. The predicted molar refractivity (Wildman–Crippen MR) is 115 cm³/mol. The molecule has 0 bridgehead atoms. The highest BCUT2D eigenvalue weighted by Gasteiger charge is 2.34. The van der Waals surface area contributed by atoms with E-state index >= 15 is 0 Å². The third-order valence-corrected chi connectivity index (χ3v) is 10.2. The molecule has 0 radical (unpaired) electrons. The highest BCUT2D eigenvalue weighted by atomic mass is 35.5. The van der Waals surface area contributed by atoms with Gasteiger partial charge in [0.05, 0.1) is 6.10 Å². The number of hydrogen-bond donors (Lipinski definition) is 1. The molecule has 0 aliphatic carbocycles. The Morgan fingerprint density at radius 1 is 1.00 bits per heavy atom. The van der Waals surface area contributed by atoms with Crippen molar-refractivity contribution in [2.75, 3.05) is 13.1 Å². The molecule has 1 rings (SSSR count). The summed E-state index contributed by atoms with van der Waals surface area (Å²) in [5.74, 6) is 0. The van der Waals surface area contributed by atoms with Crippen LogP contribution >= 0.6 is 34.8 Å². The molecule has 6 heteroatoms. The van der Waals surface area contributed by atoms with Crippen molar-refractivity contribution in [2.45, 2.75) is 65.8 Å². The Labute approximate surface area is 169 Å². The minimum Gasteiger partial charge on any atom is -0.409 e. The summed E-state index contributed by atoms with van der Waals surface area (Å²) in [6.45, 7) is 14.9. The molecule has 0 saturated carbocycles. The number of nitrogens with one attached hydrogen (secondary N) is 1. The molecule has 1 aromatic carbocycles. The molecule has 1 aromatic rings. The van der Waals surface area contributed by atoms with E-state index in [2.05, 4.69) is 46.9 Å². The summed E-state index contributed by atoms with van der Waals surface area (Å²) in [6, 6.07) is 6.74. The Morgan fingerprint density at radius 3 is 1.88 bits per heavy atom. The molecular formula is C19H32Cl3NOSi. The molecule has 0 saturated heterocycles. The van der Waals surface area contributed by atoms with Gasteiger partial charge in [0.2, 0.25) is 0 Å². The van der Waals surface area contributed by atoms with Crippen molar-refractivity contribution in [2.24, 2.45) is 5.41 Å². The van der Waals surface area contributed by atoms with Crippen molar-refractivity contribution < 1.29 is 4.43 Å². The lowest BCUT2D eigenvalue weighted by atomic mass is 9.97. The van der Waals surface area contributed by atoms with Crippen LogP contribution < -0.4 is 5.32 Å². The normalized spacial score (nSPS) is 14.0. The molecule has 0 heterocycles. The summed E-state index contributed by atoms with van der Waals surface area (Å²) in [4.78, 5) is 0. The van der Waals surface area contributed by atoms with E-state index in [1.807, 2.05) is 0 Å². The van der Waals surface area contributed by atoms with Crippen molar-refractivity contribution in [3.8, 4) is 0 Å². The molecule has 0 aliphatic heterocycles. The Bertz CT molecular complexity index is 525. The van der Waals surface area contributed by atoms with Gasteiger partial charge in [0.1, 0.15) is 0 Å². The van der Waals surface area contributed by atoms with Crippen LogP contribution in [0.15, 0.2) is 12.1 Å². The molecule has 0 aliphatic rings. The van der Waals surface area contributed by atoms with Gasteiger partial charge in [0, 0.05) is 33.7 Å². The maximum atomic E-state index is 6.75. The molecule has 2 nitrogen and oxygen atoms in total. The Balaban J connectivity index is 3.15.